The third-order valence-corrected chi connectivity index (χ3v) is 6.98. The predicted octanol–water partition coefficient (Wildman–Crippen LogP) is 4.35. The normalized spacial score (nSPS) is 12.8. The van der Waals surface area contributed by atoms with Gasteiger partial charge in [-0.25, -0.2) is 0 Å². The minimum Gasteiger partial charge on any atom is -0.497 e. The number of H-pyrrole nitrogens is 1. The van der Waals surface area contributed by atoms with E-state index in [1.54, 1.807) is 14.0 Å². The van der Waals surface area contributed by atoms with Crippen LogP contribution < -0.4 is 15.8 Å². The highest BCUT2D eigenvalue weighted by Crippen LogP contribution is 2.26. The topological polar surface area (TPSA) is 111 Å². The average Bonchev–Trinajstić information content (AvgIpc) is 3.56. The smallest absolute Gasteiger partial charge is 0.237 e. The number of hydrogen-bond donors (Lipinski definition) is 3. The number of benzene rings is 3. The highest BCUT2D eigenvalue weighted by Gasteiger charge is 2.26. The number of nitrogens with one attached hydrogen (secondary N) is 2. The van der Waals surface area contributed by atoms with E-state index in [0.29, 0.717) is 25.2 Å². The van der Waals surface area contributed by atoms with Crippen molar-refractivity contribution in [3.8, 4) is 5.75 Å². The number of fused-ring (bicyclic) bond motifs is 1. The molecule has 0 spiro atoms. The maximum absolute atomic E-state index is 12.9. The SMILES string of the molecule is COc1ccc(Cn2c(CCc3ccccc3)nnc2[C@@H](Cc2c[nH]c3ccccc23)NC(=O)[C@H](C)N)cc1. The zero-order chi connectivity index (χ0) is 27.2. The lowest BCUT2D eigenvalue weighted by Crippen LogP contribution is -2.41. The second-order valence-corrected chi connectivity index (χ2v) is 9.81. The lowest BCUT2D eigenvalue weighted by molar-refractivity contribution is -0.122. The van der Waals surface area contributed by atoms with Crippen molar-refractivity contribution in [2.24, 2.45) is 5.73 Å². The lowest BCUT2D eigenvalue weighted by atomic mass is 10.0. The van der Waals surface area contributed by atoms with E-state index in [-0.39, 0.29) is 5.91 Å². The molecule has 8 nitrogen and oxygen atoms in total. The predicted molar refractivity (Wildman–Crippen MR) is 153 cm³/mol. The van der Waals surface area contributed by atoms with Gasteiger partial charge in [0.05, 0.1) is 25.7 Å². The summed E-state index contributed by atoms with van der Waals surface area (Å²) in [6.07, 6.45) is 4.09. The summed E-state index contributed by atoms with van der Waals surface area (Å²) in [4.78, 5) is 16.2. The number of aryl methyl sites for hydroxylation is 2. The quantitative estimate of drug-likeness (QED) is 0.239. The van der Waals surface area contributed by atoms with Crippen LogP contribution in [-0.2, 0) is 30.6 Å². The summed E-state index contributed by atoms with van der Waals surface area (Å²) in [6, 6.07) is 25.4. The van der Waals surface area contributed by atoms with Gasteiger partial charge in [-0.3, -0.25) is 4.79 Å². The Morgan fingerprint density at radius 1 is 0.974 bits per heavy atom. The van der Waals surface area contributed by atoms with Crippen molar-refractivity contribution in [3.05, 3.63) is 113 Å². The van der Waals surface area contributed by atoms with Gasteiger partial charge in [-0.15, -0.1) is 10.2 Å². The highest BCUT2D eigenvalue weighted by molar-refractivity contribution is 5.84. The van der Waals surface area contributed by atoms with Crippen LogP contribution in [-0.4, -0.2) is 38.8 Å². The Morgan fingerprint density at radius 2 is 1.72 bits per heavy atom. The van der Waals surface area contributed by atoms with E-state index in [9.17, 15) is 4.79 Å². The molecule has 0 radical (unpaired) electrons. The minimum absolute atomic E-state index is 0.232. The molecule has 4 N–H and O–H groups in total. The molecule has 0 saturated carbocycles. The molecule has 0 bridgehead atoms. The van der Waals surface area contributed by atoms with Crippen molar-refractivity contribution < 1.29 is 9.53 Å². The van der Waals surface area contributed by atoms with Crippen LogP contribution in [0.4, 0.5) is 0 Å². The van der Waals surface area contributed by atoms with Gasteiger partial charge in [0.2, 0.25) is 5.91 Å². The van der Waals surface area contributed by atoms with Crippen LogP contribution in [0, 0.1) is 0 Å². The number of nitrogens with zero attached hydrogens (tertiary/aromatic N) is 3. The largest absolute Gasteiger partial charge is 0.497 e. The standard InChI is InChI=1S/C31H34N6O2/c1-21(32)31(38)34-28(18-24-19-33-27-11-7-6-10-26(24)27)30-36-35-29(17-14-22-8-4-3-5-9-22)37(30)20-23-12-15-25(39-2)16-13-23/h3-13,15-16,19,21,28,33H,14,17-18,20,32H2,1-2H3,(H,34,38)/t21-,28+/m0/s1. The van der Waals surface area contributed by atoms with Gasteiger partial charge in [0.25, 0.3) is 0 Å². The van der Waals surface area contributed by atoms with Crippen molar-refractivity contribution in [1.82, 2.24) is 25.1 Å². The summed E-state index contributed by atoms with van der Waals surface area (Å²) in [5, 5.41) is 13.5. The van der Waals surface area contributed by atoms with Crippen LogP contribution in [0.25, 0.3) is 10.9 Å². The molecule has 0 saturated heterocycles. The first kappa shape index (κ1) is 26.2. The molecule has 0 fully saturated rings. The number of methoxy groups -OCH3 is 1. The number of ether oxygens (including phenoxy) is 1. The zero-order valence-electron chi connectivity index (χ0n) is 22.3. The van der Waals surface area contributed by atoms with Gasteiger partial charge in [0.1, 0.15) is 11.6 Å². The van der Waals surface area contributed by atoms with Gasteiger partial charge in [-0.2, -0.15) is 0 Å². The van der Waals surface area contributed by atoms with Crippen LogP contribution in [0.3, 0.4) is 0 Å². The second kappa shape index (κ2) is 12.0. The lowest BCUT2D eigenvalue weighted by Gasteiger charge is -2.21. The Morgan fingerprint density at radius 3 is 2.46 bits per heavy atom. The third-order valence-electron chi connectivity index (χ3n) is 6.98. The first-order valence-corrected chi connectivity index (χ1v) is 13.2. The number of aromatic amines is 1. The van der Waals surface area contributed by atoms with Gasteiger partial charge in [0, 0.05) is 29.9 Å². The molecule has 2 aromatic heterocycles. The Balaban J connectivity index is 1.52. The molecule has 2 atom stereocenters. The number of carbonyl (C=O) groups excluding carboxylic acids is 1. The molecule has 0 aliphatic rings. The number of amides is 1. The number of nitrogens with two attached hydrogens (primary N) is 1. The molecular formula is C31H34N6O2. The van der Waals surface area contributed by atoms with E-state index in [0.717, 1.165) is 40.0 Å². The van der Waals surface area contributed by atoms with Gasteiger partial charge >= 0.3 is 0 Å². The number of carbonyl (C=O) groups is 1. The third kappa shape index (κ3) is 6.18. The molecule has 1 amide bonds. The fourth-order valence-electron chi connectivity index (χ4n) is 4.81. The molecule has 0 aliphatic heterocycles. The van der Waals surface area contributed by atoms with Crippen LogP contribution in [0.1, 0.15) is 41.3 Å². The molecular weight excluding hydrogens is 488 g/mol. The number of aromatic nitrogens is 4. The van der Waals surface area contributed by atoms with E-state index >= 15 is 0 Å². The van der Waals surface area contributed by atoms with E-state index in [2.05, 4.69) is 43.3 Å². The van der Waals surface area contributed by atoms with Crippen molar-refractivity contribution in [2.75, 3.05) is 7.11 Å². The fraction of sp³-hybridized carbons (Fsp3) is 0.258. The summed E-state index contributed by atoms with van der Waals surface area (Å²) in [6.45, 7) is 2.25. The zero-order valence-corrected chi connectivity index (χ0v) is 22.3. The van der Waals surface area contributed by atoms with E-state index < -0.39 is 12.1 Å². The monoisotopic (exact) mass is 522 g/mol. The second-order valence-electron chi connectivity index (χ2n) is 9.81. The molecule has 39 heavy (non-hydrogen) atoms. The molecule has 2 heterocycles. The summed E-state index contributed by atoms with van der Waals surface area (Å²) in [5.41, 5.74) is 10.4. The number of para-hydroxylation sites is 1. The van der Waals surface area contributed by atoms with Crippen LogP contribution in [0.5, 0.6) is 5.75 Å². The Labute approximate surface area is 228 Å². The Bertz CT molecular complexity index is 1520. The first-order chi connectivity index (χ1) is 19.0. The van der Waals surface area contributed by atoms with Gasteiger partial charge in [0.15, 0.2) is 5.82 Å². The minimum atomic E-state index is -0.647. The van der Waals surface area contributed by atoms with Crippen molar-refractivity contribution in [3.63, 3.8) is 0 Å². The molecule has 3 aromatic carbocycles. The Kier molecular flexibility index (Phi) is 8.03. The maximum Gasteiger partial charge on any atom is 0.237 e. The molecule has 5 aromatic rings. The van der Waals surface area contributed by atoms with E-state index in [1.165, 1.54) is 5.56 Å². The number of rotatable bonds is 11. The van der Waals surface area contributed by atoms with Gasteiger partial charge in [-0.1, -0.05) is 60.7 Å². The molecule has 5 rings (SSSR count). The summed E-state index contributed by atoms with van der Waals surface area (Å²) in [7, 11) is 1.66. The summed E-state index contributed by atoms with van der Waals surface area (Å²) in [5.74, 6) is 2.13. The Hall–Kier alpha value is -4.43. The van der Waals surface area contributed by atoms with Crippen molar-refractivity contribution in [2.45, 2.75) is 44.8 Å². The van der Waals surface area contributed by atoms with Crippen LogP contribution >= 0.6 is 0 Å². The van der Waals surface area contributed by atoms with E-state index in [1.807, 2.05) is 66.9 Å². The molecule has 0 aliphatic carbocycles. The highest BCUT2D eigenvalue weighted by atomic mass is 16.5. The summed E-state index contributed by atoms with van der Waals surface area (Å²) < 4.78 is 7.47. The molecule has 0 unspecified atom stereocenters. The maximum atomic E-state index is 12.9. The molecule has 200 valence electrons. The molecule has 8 heteroatoms. The van der Waals surface area contributed by atoms with E-state index in [4.69, 9.17) is 10.5 Å². The average molecular weight is 523 g/mol. The first-order valence-electron chi connectivity index (χ1n) is 13.2. The van der Waals surface area contributed by atoms with Crippen molar-refractivity contribution in [1.29, 1.82) is 0 Å². The van der Waals surface area contributed by atoms with Gasteiger partial charge < -0.3 is 25.3 Å². The summed E-state index contributed by atoms with van der Waals surface area (Å²) >= 11 is 0. The van der Waals surface area contributed by atoms with Crippen LogP contribution in [0.2, 0.25) is 0 Å². The van der Waals surface area contributed by atoms with Gasteiger partial charge in [-0.05, 0) is 48.2 Å². The fourth-order valence-corrected chi connectivity index (χ4v) is 4.81. The van der Waals surface area contributed by atoms with Crippen LogP contribution in [0.15, 0.2) is 85.1 Å². The number of hydrogen-bond acceptors (Lipinski definition) is 5. The van der Waals surface area contributed by atoms with Crippen molar-refractivity contribution >= 4 is 16.8 Å².